The van der Waals surface area contributed by atoms with Gasteiger partial charge in [0.05, 0.1) is 22.3 Å². The highest BCUT2D eigenvalue weighted by Crippen LogP contribution is 2.78. The van der Waals surface area contributed by atoms with Gasteiger partial charge in [-0.3, -0.25) is 9.59 Å². The number of amides is 1. The third kappa shape index (κ3) is 4.95. The lowest BCUT2D eigenvalue weighted by molar-refractivity contribution is -0.177. The first-order chi connectivity index (χ1) is 24.0. The van der Waals surface area contributed by atoms with Crippen molar-refractivity contribution in [3.05, 3.63) is 70.5 Å². The topological polar surface area (TPSA) is 117 Å². The van der Waals surface area contributed by atoms with Gasteiger partial charge in [0.2, 0.25) is 11.7 Å². The molecule has 7 aliphatic rings. The minimum Gasteiger partial charge on any atom is -0.453 e. The molecule has 2 heterocycles. The number of piperidine rings is 1. The van der Waals surface area contributed by atoms with E-state index >= 15 is 0 Å². The number of aliphatic hydroxyl groups is 2. The van der Waals surface area contributed by atoms with Crippen LogP contribution in [0.3, 0.4) is 0 Å². The number of carbonyl (C=O) groups excluding carboxylic acids is 2. The molecule has 2 aromatic rings. The second-order valence-electron chi connectivity index (χ2n) is 16.9. The van der Waals surface area contributed by atoms with Crippen molar-refractivity contribution in [2.45, 2.75) is 89.5 Å². The molecule has 1 aromatic carbocycles. The molecule has 51 heavy (non-hydrogen) atoms. The molecule has 9 rings (SSSR count). The van der Waals surface area contributed by atoms with Crippen molar-refractivity contribution in [3.63, 3.8) is 0 Å². The fourth-order valence-electron chi connectivity index (χ4n) is 12.0. The summed E-state index contributed by atoms with van der Waals surface area (Å²) in [5.74, 6) is -0.652. The minimum absolute atomic E-state index is 0.0196. The number of hydrogen-bond donors (Lipinski definition) is 3. The molecule has 2 spiro atoms. The molecule has 3 saturated carbocycles. The van der Waals surface area contributed by atoms with Gasteiger partial charge < -0.3 is 25.3 Å². The third-order valence-corrected chi connectivity index (χ3v) is 15.2. The number of Topliss-reactive ketones (excluding diaryl/α,β-unsaturated/α-hetero) is 1. The third-order valence-electron chi connectivity index (χ3n) is 14.8. The number of rotatable bonds is 6. The maximum absolute atomic E-state index is 14.9. The number of β-amino-alcohol motifs (C(OH)–C–C–N with tert-alkyl or cyclic N) is 1. The van der Waals surface area contributed by atoms with Crippen LogP contribution in [0, 0.1) is 39.4 Å². The van der Waals surface area contributed by atoms with Gasteiger partial charge in [-0.1, -0.05) is 43.7 Å². The number of nitrogens with zero attached hydrogens (tertiary/aromatic N) is 1. The summed E-state index contributed by atoms with van der Waals surface area (Å²) in [4.78, 5) is 29.0. The van der Waals surface area contributed by atoms with Crippen molar-refractivity contribution >= 4 is 23.3 Å². The maximum atomic E-state index is 14.9. The smallest absolute Gasteiger partial charge is 0.416 e. The first kappa shape index (κ1) is 35.1. The van der Waals surface area contributed by atoms with Crippen molar-refractivity contribution in [2.24, 2.45) is 45.1 Å². The van der Waals surface area contributed by atoms with Gasteiger partial charge in [-0.25, -0.2) is 0 Å². The summed E-state index contributed by atoms with van der Waals surface area (Å²) in [6.07, 6.45) is 7.67. The standard InChI is InChI=1S/C40H46ClF3N2O5/c1-35-12-7-25(47)20-37(35)15-16-39(27(21-37)33(48)30-6-5-29(51-30)26-19-24(40(42,43)44)3-4-28(26)41)31(35)8-13-36(2)32(39)9-14-38(36,50)22-46-17-10-23(11-18-46)34(45)49/h3-6,15-16,19,21,23,25,31-32,47,50H,7-14,17-18,20,22H2,1-2H3,(H2,45,49). The minimum atomic E-state index is -4.58. The van der Waals surface area contributed by atoms with E-state index in [0.717, 1.165) is 31.4 Å². The quantitative estimate of drug-likeness (QED) is 0.209. The number of halogens is 4. The van der Waals surface area contributed by atoms with Crippen LogP contribution in [0.25, 0.3) is 11.3 Å². The number of likely N-dealkylation sites (tertiary alicyclic amines) is 1. The van der Waals surface area contributed by atoms with E-state index in [0.29, 0.717) is 63.7 Å². The molecule has 1 saturated heterocycles. The number of aliphatic hydroxyl groups excluding tert-OH is 1. The van der Waals surface area contributed by atoms with E-state index in [1.165, 1.54) is 18.2 Å². The number of allylic oxidation sites excluding steroid dienone is 4. The number of hydrogen-bond acceptors (Lipinski definition) is 6. The molecule has 11 heteroatoms. The summed E-state index contributed by atoms with van der Waals surface area (Å²) in [5, 5.41) is 23.8. The molecule has 1 amide bonds. The Kier molecular flexibility index (Phi) is 7.95. The van der Waals surface area contributed by atoms with Crippen LogP contribution in [0.2, 0.25) is 5.02 Å². The molecular weight excluding hydrogens is 681 g/mol. The molecule has 7 nitrogen and oxygen atoms in total. The molecule has 1 aliphatic heterocycles. The molecule has 1 aromatic heterocycles. The van der Waals surface area contributed by atoms with Gasteiger partial charge >= 0.3 is 6.18 Å². The lowest BCUT2D eigenvalue weighted by Gasteiger charge is -2.71. The van der Waals surface area contributed by atoms with Gasteiger partial charge in [0.25, 0.3) is 0 Å². The van der Waals surface area contributed by atoms with Gasteiger partial charge in [-0.15, -0.1) is 0 Å². The fraction of sp³-hybridized carbons (Fsp3) is 0.600. The van der Waals surface area contributed by atoms with E-state index in [9.17, 15) is 33.0 Å². The summed E-state index contributed by atoms with van der Waals surface area (Å²) in [6.45, 7) is 6.36. The Morgan fingerprint density at radius 1 is 0.980 bits per heavy atom. The van der Waals surface area contributed by atoms with Crippen molar-refractivity contribution in [2.75, 3.05) is 19.6 Å². The number of primary amides is 1. The Morgan fingerprint density at radius 3 is 2.37 bits per heavy atom. The Hall–Kier alpha value is -2.92. The molecule has 4 fully saturated rings. The maximum Gasteiger partial charge on any atom is 0.416 e. The normalized spacial score (nSPS) is 39.3. The summed E-state index contributed by atoms with van der Waals surface area (Å²) < 4.78 is 46.9. The Bertz CT molecular complexity index is 1850. The predicted octanol–water partition coefficient (Wildman–Crippen LogP) is 7.59. The fourth-order valence-corrected chi connectivity index (χ4v) is 12.2. The highest BCUT2D eigenvalue weighted by molar-refractivity contribution is 6.33. The second-order valence-corrected chi connectivity index (χ2v) is 17.4. The van der Waals surface area contributed by atoms with Crippen molar-refractivity contribution < 1.29 is 37.4 Å². The number of alkyl halides is 3. The molecule has 4 N–H and O–H groups in total. The largest absolute Gasteiger partial charge is 0.453 e. The van der Waals surface area contributed by atoms with Gasteiger partial charge in [-0.05, 0) is 118 Å². The average molecular weight is 727 g/mol. The van der Waals surface area contributed by atoms with Crippen LogP contribution >= 0.6 is 11.6 Å². The summed E-state index contributed by atoms with van der Waals surface area (Å²) in [5.41, 5.74) is 2.34. The first-order valence-electron chi connectivity index (χ1n) is 18.3. The highest BCUT2D eigenvalue weighted by Gasteiger charge is 2.74. The Balaban J connectivity index is 1.18. The zero-order valence-electron chi connectivity index (χ0n) is 29.1. The highest BCUT2D eigenvalue weighted by atomic mass is 35.5. The molecular formula is C40H46ClF3N2O5. The SMILES string of the molecule is CC12CCC(O)CC13C=CC1(C(C(=O)c4ccc(-c5cc(C(F)(F)F)ccc5Cl)o4)=C3)C2CCC2(C)C1CCC2(O)CN1CCC(C(N)=O)CC1. The van der Waals surface area contributed by atoms with Crippen LogP contribution in [-0.4, -0.2) is 58.1 Å². The van der Waals surface area contributed by atoms with Gasteiger partial charge in [0.15, 0.2) is 5.76 Å². The van der Waals surface area contributed by atoms with E-state index in [2.05, 4.69) is 37.0 Å². The molecule has 6 aliphatic carbocycles. The van der Waals surface area contributed by atoms with E-state index in [1.807, 2.05) is 0 Å². The zero-order chi connectivity index (χ0) is 36.4. The summed E-state index contributed by atoms with van der Waals surface area (Å²) in [6, 6.07) is 6.04. The van der Waals surface area contributed by atoms with Crippen LogP contribution in [0.5, 0.6) is 0 Å². The number of fused-ring (bicyclic) bond motifs is 1. The first-order valence-corrected chi connectivity index (χ1v) is 18.7. The van der Waals surface area contributed by atoms with Crippen LogP contribution in [0.1, 0.15) is 87.8 Å². The van der Waals surface area contributed by atoms with Crippen molar-refractivity contribution in [1.82, 2.24) is 4.90 Å². The number of benzene rings is 1. The molecule has 274 valence electrons. The van der Waals surface area contributed by atoms with Gasteiger partial charge in [-0.2, -0.15) is 13.2 Å². The average Bonchev–Trinajstić information content (AvgIpc) is 3.67. The van der Waals surface area contributed by atoms with Crippen LogP contribution in [-0.2, 0) is 11.0 Å². The van der Waals surface area contributed by atoms with E-state index < -0.39 is 39.7 Å². The van der Waals surface area contributed by atoms with E-state index in [-0.39, 0.29) is 57.0 Å². The number of ketones is 1. The predicted molar refractivity (Wildman–Crippen MR) is 185 cm³/mol. The van der Waals surface area contributed by atoms with Crippen LogP contribution in [0.4, 0.5) is 13.2 Å². The van der Waals surface area contributed by atoms with E-state index in [4.69, 9.17) is 21.8 Å². The van der Waals surface area contributed by atoms with Gasteiger partial charge in [0.1, 0.15) is 5.76 Å². The zero-order valence-corrected chi connectivity index (χ0v) is 29.8. The number of furan rings is 1. The monoisotopic (exact) mass is 726 g/mol. The number of nitrogens with two attached hydrogens (primary N) is 1. The van der Waals surface area contributed by atoms with Crippen molar-refractivity contribution in [1.29, 1.82) is 0 Å². The second kappa shape index (κ2) is 11.5. The number of carbonyl (C=O) groups is 2. The lowest BCUT2D eigenvalue weighted by Crippen LogP contribution is -2.67. The van der Waals surface area contributed by atoms with Crippen LogP contribution < -0.4 is 5.73 Å². The van der Waals surface area contributed by atoms with Crippen LogP contribution in [0.15, 0.2) is 58.6 Å². The molecule has 8 unspecified atom stereocenters. The van der Waals surface area contributed by atoms with Gasteiger partial charge in [0, 0.05) is 39.8 Å². The molecule has 8 atom stereocenters. The Labute approximate surface area is 301 Å². The van der Waals surface area contributed by atoms with E-state index in [1.54, 1.807) is 0 Å². The Morgan fingerprint density at radius 2 is 1.67 bits per heavy atom. The lowest BCUT2D eigenvalue weighted by atomic mass is 9.32. The molecule has 0 radical (unpaired) electrons. The summed E-state index contributed by atoms with van der Waals surface area (Å²) >= 11 is 6.35. The summed E-state index contributed by atoms with van der Waals surface area (Å²) in [7, 11) is 0. The molecule has 2 bridgehead atoms. The van der Waals surface area contributed by atoms with Crippen molar-refractivity contribution in [3.8, 4) is 11.3 Å².